The Labute approximate surface area is 152 Å². The lowest BCUT2D eigenvalue weighted by Gasteiger charge is -2.10. The molecule has 0 spiro atoms. The van der Waals surface area contributed by atoms with Gasteiger partial charge in [0.2, 0.25) is 11.6 Å². The van der Waals surface area contributed by atoms with Crippen LogP contribution in [0, 0.1) is 13.8 Å². The van der Waals surface area contributed by atoms with Crippen LogP contribution >= 0.6 is 0 Å². The van der Waals surface area contributed by atoms with Gasteiger partial charge in [-0.3, -0.25) is 9.59 Å². The molecule has 0 aliphatic rings. The summed E-state index contributed by atoms with van der Waals surface area (Å²) in [4.78, 5) is 30.2. The number of hydrogen-bond donors (Lipinski definition) is 0. The Morgan fingerprint density at radius 3 is 2.41 bits per heavy atom. The fourth-order valence-electron chi connectivity index (χ4n) is 3.39. The first-order chi connectivity index (χ1) is 13.0. The van der Waals surface area contributed by atoms with Gasteiger partial charge in [0.05, 0.1) is 16.6 Å². The van der Waals surface area contributed by atoms with Crippen molar-refractivity contribution in [1.29, 1.82) is 0 Å². The zero-order valence-corrected chi connectivity index (χ0v) is 14.7. The van der Waals surface area contributed by atoms with Crippen molar-refractivity contribution in [2.45, 2.75) is 13.8 Å². The fourth-order valence-corrected chi connectivity index (χ4v) is 3.39. The van der Waals surface area contributed by atoms with Crippen molar-refractivity contribution in [3.63, 3.8) is 0 Å². The molecule has 0 aliphatic carbocycles. The summed E-state index contributed by atoms with van der Waals surface area (Å²) in [5.74, 6) is 0.727. The van der Waals surface area contributed by atoms with E-state index in [0.717, 1.165) is 5.56 Å². The zero-order valence-electron chi connectivity index (χ0n) is 14.7. The normalized spacial score (nSPS) is 11.6. The Kier molecular flexibility index (Phi) is 3.09. The lowest BCUT2D eigenvalue weighted by Crippen LogP contribution is -2.21. The molecule has 0 radical (unpaired) electrons. The summed E-state index contributed by atoms with van der Waals surface area (Å²) in [6, 6.07) is 16.3. The van der Waals surface area contributed by atoms with Crippen LogP contribution in [-0.4, -0.2) is 23.6 Å². The van der Waals surface area contributed by atoms with Crippen LogP contribution in [0.25, 0.3) is 28.1 Å². The molecule has 0 amide bonds. The molecule has 5 aromatic rings. The van der Waals surface area contributed by atoms with Gasteiger partial charge in [-0.05, 0) is 38.1 Å². The van der Waals surface area contributed by atoms with Gasteiger partial charge in [0.1, 0.15) is 0 Å². The van der Waals surface area contributed by atoms with Gasteiger partial charge in [-0.1, -0.05) is 29.8 Å². The molecule has 0 unspecified atom stereocenters. The molecule has 27 heavy (non-hydrogen) atoms. The summed E-state index contributed by atoms with van der Waals surface area (Å²) in [5.41, 5.74) is 2.55. The molecule has 7 nitrogen and oxygen atoms in total. The molecular weight excluding hydrogens is 342 g/mol. The summed E-state index contributed by atoms with van der Waals surface area (Å²) in [6.07, 6.45) is 0. The van der Waals surface area contributed by atoms with Gasteiger partial charge in [0, 0.05) is 11.8 Å². The lowest BCUT2D eigenvalue weighted by molar-refractivity contribution is 0.882. The topological polar surface area (TPSA) is 73.7 Å². The van der Waals surface area contributed by atoms with Gasteiger partial charge in [0.15, 0.2) is 0 Å². The van der Waals surface area contributed by atoms with Crippen molar-refractivity contribution in [3.8, 4) is 5.69 Å². The molecule has 0 saturated heterocycles. The van der Waals surface area contributed by atoms with E-state index in [1.807, 2.05) is 49.4 Å². The minimum absolute atomic E-state index is 0.193. The minimum Gasteiger partial charge on any atom is -0.268 e. The van der Waals surface area contributed by atoms with E-state index >= 15 is 0 Å². The molecule has 2 aromatic carbocycles. The maximum Gasteiger partial charge on any atom is 0.276 e. The molecule has 0 atom stereocenters. The zero-order chi connectivity index (χ0) is 18.7. The Morgan fingerprint density at radius 2 is 1.63 bits per heavy atom. The molecule has 0 saturated carbocycles. The van der Waals surface area contributed by atoms with Crippen LogP contribution < -0.4 is 11.1 Å². The van der Waals surface area contributed by atoms with Crippen molar-refractivity contribution in [2.75, 3.05) is 0 Å². The first kappa shape index (κ1) is 15.5. The second-order valence-electron chi connectivity index (χ2n) is 6.58. The molecule has 0 N–H and O–H groups in total. The number of benzene rings is 2. The average Bonchev–Trinajstić information content (AvgIpc) is 3.03. The van der Waals surface area contributed by atoms with Crippen LogP contribution in [0.1, 0.15) is 11.3 Å². The van der Waals surface area contributed by atoms with E-state index in [2.05, 4.69) is 10.1 Å². The quantitative estimate of drug-likeness (QED) is 0.461. The van der Waals surface area contributed by atoms with Gasteiger partial charge >= 0.3 is 0 Å². The largest absolute Gasteiger partial charge is 0.276 e. The van der Waals surface area contributed by atoms with Crippen LogP contribution in [-0.2, 0) is 0 Å². The van der Waals surface area contributed by atoms with Crippen LogP contribution in [0.2, 0.25) is 0 Å². The Morgan fingerprint density at radius 1 is 0.889 bits per heavy atom. The van der Waals surface area contributed by atoms with Crippen molar-refractivity contribution in [2.24, 2.45) is 0 Å². The highest BCUT2D eigenvalue weighted by atomic mass is 16.1. The van der Waals surface area contributed by atoms with Gasteiger partial charge in [-0.15, -0.1) is 5.10 Å². The summed E-state index contributed by atoms with van der Waals surface area (Å²) in [5, 5.41) is 4.96. The molecule has 0 fully saturated rings. The SMILES string of the molecule is Cc1ccc(-n2c(=O)c3ccccc3n3c2nn2c(=O)cc(C)nc23)cc1. The molecule has 0 bridgehead atoms. The van der Waals surface area contributed by atoms with Crippen molar-refractivity contribution in [3.05, 3.63) is 86.6 Å². The van der Waals surface area contributed by atoms with Crippen molar-refractivity contribution in [1.82, 2.24) is 23.6 Å². The third-order valence-electron chi connectivity index (χ3n) is 4.67. The van der Waals surface area contributed by atoms with Crippen molar-refractivity contribution >= 4 is 22.5 Å². The van der Waals surface area contributed by atoms with Crippen LogP contribution in [0.3, 0.4) is 0 Å². The fraction of sp³-hybridized carbons (Fsp3) is 0.100. The smallest absolute Gasteiger partial charge is 0.268 e. The first-order valence-electron chi connectivity index (χ1n) is 8.54. The monoisotopic (exact) mass is 357 g/mol. The highest BCUT2D eigenvalue weighted by molar-refractivity contribution is 5.82. The predicted octanol–water partition coefficient (Wildman–Crippen LogP) is 2.26. The van der Waals surface area contributed by atoms with E-state index < -0.39 is 0 Å². The summed E-state index contributed by atoms with van der Waals surface area (Å²) >= 11 is 0. The highest BCUT2D eigenvalue weighted by Crippen LogP contribution is 2.18. The van der Waals surface area contributed by atoms with Gasteiger partial charge in [-0.2, -0.15) is 4.52 Å². The molecular formula is C20H15N5O2. The highest BCUT2D eigenvalue weighted by Gasteiger charge is 2.18. The number of fused-ring (bicyclic) bond motifs is 5. The van der Waals surface area contributed by atoms with E-state index in [9.17, 15) is 9.59 Å². The number of para-hydroxylation sites is 1. The molecule has 3 aromatic heterocycles. The number of nitrogens with zero attached hydrogens (tertiary/aromatic N) is 5. The molecule has 3 heterocycles. The predicted molar refractivity (Wildman–Crippen MR) is 103 cm³/mol. The first-order valence-corrected chi connectivity index (χ1v) is 8.54. The number of hydrogen-bond acceptors (Lipinski definition) is 4. The van der Waals surface area contributed by atoms with Gasteiger partial charge in [-0.25, -0.2) is 14.0 Å². The standard InChI is InChI=1S/C20H15N5O2/c1-12-7-9-14(10-8-12)23-18(27)15-5-3-4-6-16(15)24-19-21-13(2)11-17(26)25(19)22-20(23)24/h3-11H,1-2H3. The Balaban J connectivity index is 2.10. The Hall–Kier alpha value is -3.74. The number of rotatable bonds is 1. The maximum atomic E-state index is 13.3. The molecule has 7 heteroatoms. The van der Waals surface area contributed by atoms with Crippen molar-refractivity contribution < 1.29 is 0 Å². The number of aromatic nitrogens is 5. The molecule has 5 rings (SSSR count). The van der Waals surface area contributed by atoms with Gasteiger partial charge in [0.25, 0.3) is 11.1 Å². The lowest BCUT2D eigenvalue weighted by atomic mass is 10.2. The van der Waals surface area contributed by atoms with E-state index in [4.69, 9.17) is 0 Å². The third-order valence-corrected chi connectivity index (χ3v) is 4.67. The summed E-state index contributed by atoms with van der Waals surface area (Å²) in [7, 11) is 0. The van der Waals surface area contributed by atoms with Crippen LogP contribution in [0.5, 0.6) is 0 Å². The van der Waals surface area contributed by atoms with Crippen LogP contribution in [0.4, 0.5) is 0 Å². The minimum atomic E-state index is -0.284. The average molecular weight is 357 g/mol. The van der Waals surface area contributed by atoms with Gasteiger partial charge < -0.3 is 0 Å². The van der Waals surface area contributed by atoms with E-state index in [1.165, 1.54) is 15.1 Å². The third kappa shape index (κ3) is 2.15. The summed E-state index contributed by atoms with van der Waals surface area (Å²) in [6.45, 7) is 3.75. The molecule has 132 valence electrons. The second-order valence-corrected chi connectivity index (χ2v) is 6.58. The maximum absolute atomic E-state index is 13.3. The Bertz CT molecular complexity index is 1470. The molecule has 0 aliphatic heterocycles. The number of aryl methyl sites for hydroxylation is 2. The summed E-state index contributed by atoms with van der Waals surface area (Å²) < 4.78 is 4.51. The van der Waals surface area contributed by atoms with E-state index in [-0.39, 0.29) is 11.1 Å². The van der Waals surface area contributed by atoms with E-state index in [0.29, 0.717) is 33.8 Å². The van der Waals surface area contributed by atoms with Crippen LogP contribution in [0.15, 0.2) is 64.2 Å². The second kappa shape index (κ2) is 5.38. The van der Waals surface area contributed by atoms with E-state index in [1.54, 1.807) is 17.4 Å².